The van der Waals surface area contributed by atoms with Crippen LogP contribution in [0.3, 0.4) is 0 Å². The Balaban J connectivity index is 1.58. The predicted octanol–water partition coefficient (Wildman–Crippen LogP) is 4.50. The molecule has 3 rings (SSSR count). The Bertz CT molecular complexity index is 1050. The van der Waals surface area contributed by atoms with Crippen molar-refractivity contribution in [3.63, 3.8) is 0 Å². The van der Waals surface area contributed by atoms with Gasteiger partial charge >= 0.3 is 0 Å². The normalized spacial score (nSPS) is 10.6. The van der Waals surface area contributed by atoms with Crippen LogP contribution in [0.2, 0.25) is 5.02 Å². The molecule has 30 heavy (non-hydrogen) atoms. The van der Waals surface area contributed by atoms with E-state index >= 15 is 0 Å². The van der Waals surface area contributed by atoms with Crippen molar-refractivity contribution in [1.29, 1.82) is 0 Å². The van der Waals surface area contributed by atoms with Crippen molar-refractivity contribution >= 4 is 46.4 Å². The first-order valence-electron chi connectivity index (χ1n) is 9.41. The van der Waals surface area contributed by atoms with Crippen LogP contribution in [0.5, 0.6) is 0 Å². The summed E-state index contributed by atoms with van der Waals surface area (Å²) in [6, 6.07) is 14.3. The second-order valence-corrected chi connectivity index (χ2v) is 7.86. The van der Waals surface area contributed by atoms with Crippen molar-refractivity contribution in [2.45, 2.75) is 32.1 Å². The minimum absolute atomic E-state index is 0.0459. The summed E-state index contributed by atoms with van der Waals surface area (Å²) in [7, 11) is 0. The number of anilines is 2. The molecule has 0 aliphatic carbocycles. The van der Waals surface area contributed by atoms with Crippen LogP contribution in [0, 0.1) is 0 Å². The quantitative estimate of drug-likeness (QED) is 0.374. The molecule has 2 aromatic carbocycles. The second kappa shape index (κ2) is 10.3. The maximum absolute atomic E-state index is 12.3. The van der Waals surface area contributed by atoms with Gasteiger partial charge in [0, 0.05) is 28.5 Å². The van der Waals surface area contributed by atoms with Gasteiger partial charge in [-0.2, -0.15) is 0 Å². The highest BCUT2D eigenvalue weighted by Crippen LogP contribution is 2.20. The molecule has 1 aromatic heterocycles. The van der Waals surface area contributed by atoms with Crippen LogP contribution in [0.25, 0.3) is 0 Å². The summed E-state index contributed by atoms with van der Waals surface area (Å²) >= 11 is 7.33. The largest absolute Gasteiger partial charge is 0.378 e. The average Bonchev–Trinajstić information content (AvgIpc) is 3.13. The number of hydrogen-bond acceptors (Lipinski definition) is 6. The summed E-state index contributed by atoms with van der Waals surface area (Å²) in [4.78, 5) is 23.8. The van der Waals surface area contributed by atoms with Gasteiger partial charge in [0.15, 0.2) is 16.8 Å². The zero-order valence-corrected chi connectivity index (χ0v) is 18.3. The van der Waals surface area contributed by atoms with Crippen molar-refractivity contribution in [3.05, 3.63) is 64.9 Å². The third kappa shape index (κ3) is 5.84. The Morgan fingerprint density at radius 3 is 2.60 bits per heavy atom. The number of ketones is 1. The number of Topliss-reactive ketones (excluding diaryl/α,β-unsaturated/α-hetero) is 1. The number of amides is 1. The molecular formula is C21H22ClN5O2S. The Hall–Kier alpha value is -2.84. The molecule has 2 N–H and O–H groups in total. The number of carbonyl (C=O) groups is 2. The van der Waals surface area contributed by atoms with Crippen LogP contribution in [0.4, 0.5) is 11.4 Å². The van der Waals surface area contributed by atoms with Gasteiger partial charge in [-0.3, -0.25) is 9.59 Å². The van der Waals surface area contributed by atoms with Crippen LogP contribution >= 0.6 is 23.4 Å². The number of thioether (sulfide) groups is 1. The lowest BCUT2D eigenvalue weighted by Crippen LogP contribution is -2.15. The first kappa shape index (κ1) is 21.9. The molecule has 9 heteroatoms. The van der Waals surface area contributed by atoms with E-state index in [2.05, 4.69) is 20.8 Å². The lowest BCUT2D eigenvalue weighted by molar-refractivity contribution is -0.113. The zero-order valence-electron chi connectivity index (χ0n) is 16.7. The zero-order chi connectivity index (χ0) is 21.5. The smallest absolute Gasteiger partial charge is 0.234 e. The summed E-state index contributed by atoms with van der Waals surface area (Å²) in [5.74, 6) is 0.736. The summed E-state index contributed by atoms with van der Waals surface area (Å²) < 4.78 is 1.96. The van der Waals surface area contributed by atoms with Crippen LogP contribution in [0.15, 0.2) is 53.7 Å². The summed E-state index contributed by atoms with van der Waals surface area (Å²) in [5, 5.41) is 15.9. The standard InChI is InChI=1S/C21H22ClN5O2S/c1-3-27-19(12-23-17-8-5-7-16(22)11-17)25-26-21(27)30-13-20(29)24-18-9-4-6-15(10-18)14(2)28/h4-11,23H,3,12-13H2,1-2H3,(H,24,29). The van der Waals surface area contributed by atoms with Crippen LogP contribution in [0.1, 0.15) is 30.0 Å². The average molecular weight is 444 g/mol. The van der Waals surface area contributed by atoms with E-state index in [0.29, 0.717) is 34.5 Å². The van der Waals surface area contributed by atoms with Gasteiger partial charge in [0.25, 0.3) is 0 Å². The molecule has 0 atom stereocenters. The number of nitrogens with zero attached hydrogens (tertiary/aromatic N) is 3. The van der Waals surface area contributed by atoms with E-state index in [-0.39, 0.29) is 17.4 Å². The Morgan fingerprint density at radius 1 is 1.10 bits per heavy atom. The number of nitrogens with one attached hydrogen (secondary N) is 2. The number of rotatable bonds is 9. The van der Waals surface area contributed by atoms with E-state index in [9.17, 15) is 9.59 Å². The van der Waals surface area contributed by atoms with Gasteiger partial charge in [-0.1, -0.05) is 41.6 Å². The van der Waals surface area contributed by atoms with Crippen molar-refractivity contribution < 1.29 is 9.59 Å². The van der Waals surface area contributed by atoms with Crippen molar-refractivity contribution in [1.82, 2.24) is 14.8 Å². The lowest BCUT2D eigenvalue weighted by Gasteiger charge is -2.10. The van der Waals surface area contributed by atoms with E-state index in [1.807, 2.05) is 35.8 Å². The summed E-state index contributed by atoms with van der Waals surface area (Å²) in [6.07, 6.45) is 0. The highest BCUT2D eigenvalue weighted by molar-refractivity contribution is 7.99. The third-order valence-electron chi connectivity index (χ3n) is 4.27. The number of hydrogen-bond donors (Lipinski definition) is 2. The molecule has 0 unspecified atom stereocenters. The van der Waals surface area contributed by atoms with Gasteiger partial charge in [-0.25, -0.2) is 0 Å². The molecular weight excluding hydrogens is 422 g/mol. The van der Waals surface area contributed by atoms with E-state index in [1.165, 1.54) is 18.7 Å². The molecule has 0 saturated heterocycles. The maximum atomic E-state index is 12.3. The van der Waals surface area contributed by atoms with Gasteiger partial charge in [0.1, 0.15) is 0 Å². The fourth-order valence-corrected chi connectivity index (χ4v) is 3.81. The summed E-state index contributed by atoms with van der Waals surface area (Å²) in [6.45, 7) is 4.67. The SMILES string of the molecule is CCn1c(CNc2cccc(Cl)c2)nnc1SCC(=O)Nc1cccc(C(C)=O)c1. The molecule has 1 amide bonds. The Morgan fingerprint density at radius 2 is 1.87 bits per heavy atom. The molecule has 0 spiro atoms. The molecule has 0 saturated carbocycles. The van der Waals surface area contributed by atoms with E-state index in [0.717, 1.165) is 11.5 Å². The molecule has 0 bridgehead atoms. The second-order valence-electron chi connectivity index (χ2n) is 6.48. The molecule has 156 valence electrons. The van der Waals surface area contributed by atoms with Crippen LogP contribution in [-0.4, -0.2) is 32.2 Å². The predicted molar refractivity (Wildman–Crippen MR) is 120 cm³/mol. The number of halogens is 1. The number of carbonyl (C=O) groups excluding carboxylic acids is 2. The van der Waals surface area contributed by atoms with Gasteiger partial charge in [-0.05, 0) is 44.2 Å². The van der Waals surface area contributed by atoms with Crippen molar-refractivity contribution in [3.8, 4) is 0 Å². The number of benzene rings is 2. The highest BCUT2D eigenvalue weighted by atomic mass is 35.5. The van der Waals surface area contributed by atoms with E-state index < -0.39 is 0 Å². The molecule has 0 radical (unpaired) electrons. The van der Waals surface area contributed by atoms with Crippen molar-refractivity contribution in [2.75, 3.05) is 16.4 Å². The summed E-state index contributed by atoms with van der Waals surface area (Å²) in [5.41, 5.74) is 2.05. The Labute approximate surface area is 184 Å². The molecule has 0 aliphatic heterocycles. The molecule has 3 aromatic rings. The molecule has 7 nitrogen and oxygen atoms in total. The minimum atomic E-state index is -0.176. The minimum Gasteiger partial charge on any atom is -0.378 e. The van der Waals surface area contributed by atoms with Crippen LogP contribution < -0.4 is 10.6 Å². The molecule has 1 heterocycles. The van der Waals surface area contributed by atoms with Gasteiger partial charge in [0.2, 0.25) is 5.91 Å². The van der Waals surface area contributed by atoms with Crippen LogP contribution in [-0.2, 0) is 17.9 Å². The molecule has 0 fully saturated rings. The lowest BCUT2D eigenvalue weighted by atomic mass is 10.1. The first-order valence-corrected chi connectivity index (χ1v) is 10.8. The fourth-order valence-electron chi connectivity index (χ4n) is 2.80. The van der Waals surface area contributed by atoms with Crippen molar-refractivity contribution in [2.24, 2.45) is 0 Å². The maximum Gasteiger partial charge on any atom is 0.234 e. The van der Waals surface area contributed by atoms with Gasteiger partial charge in [-0.15, -0.1) is 10.2 Å². The first-order chi connectivity index (χ1) is 14.5. The topological polar surface area (TPSA) is 88.9 Å². The monoisotopic (exact) mass is 443 g/mol. The van der Waals surface area contributed by atoms with Gasteiger partial charge < -0.3 is 15.2 Å². The highest BCUT2D eigenvalue weighted by Gasteiger charge is 2.13. The molecule has 0 aliphatic rings. The Kier molecular flexibility index (Phi) is 7.48. The fraction of sp³-hybridized carbons (Fsp3) is 0.238. The van der Waals surface area contributed by atoms with Gasteiger partial charge in [0.05, 0.1) is 12.3 Å². The number of aromatic nitrogens is 3. The van der Waals surface area contributed by atoms with E-state index in [4.69, 9.17) is 11.6 Å². The van der Waals surface area contributed by atoms with E-state index in [1.54, 1.807) is 24.3 Å². The third-order valence-corrected chi connectivity index (χ3v) is 5.47.